The summed E-state index contributed by atoms with van der Waals surface area (Å²) in [5, 5.41) is 0. The first-order chi connectivity index (χ1) is 9.58. The molecule has 2 N–H and O–H groups in total. The molecule has 20 heavy (non-hydrogen) atoms. The Hall–Kier alpha value is -1.94. The number of benzene rings is 2. The summed E-state index contributed by atoms with van der Waals surface area (Å²) >= 11 is 0. The number of hydrogen-bond acceptors (Lipinski definition) is 2. The van der Waals surface area contributed by atoms with Crippen LogP contribution < -0.4 is 10.5 Å². The van der Waals surface area contributed by atoms with Gasteiger partial charge < -0.3 is 10.5 Å². The Balaban J connectivity index is 2.24. The van der Waals surface area contributed by atoms with Gasteiger partial charge in [0, 0.05) is 24.2 Å². The average Bonchev–Trinajstić information content (AvgIpc) is 2.39. The highest BCUT2D eigenvalue weighted by molar-refractivity contribution is 5.38. The molecule has 0 aliphatic rings. The standard InChI is InChI=1S/C16H17F2NO/c1-2-14(19)7-11-5-3-4-6-16(11)20-15-9-12(17)8-13(18)10-15/h3-6,8-10,14H,2,7,19H2,1H3. The van der Waals surface area contributed by atoms with Crippen molar-refractivity contribution in [3.63, 3.8) is 0 Å². The van der Waals surface area contributed by atoms with Gasteiger partial charge in [-0.25, -0.2) is 8.78 Å². The summed E-state index contributed by atoms with van der Waals surface area (Å²) < 4.78 is 31.9. The predicted molar refractivity (Wildman–Crippen MR) is 74.8 cm³/mol. The van der Waals surface area contributed by atoms with Crippen molar-refractivity contribution in [1.29, 1.82) is 0 Å². The molecule has 0 radical (unpaired) electrons. The molecule has 2 aromatic rings. The summed E-state index contributed by atoms with van der Waals surface area (Å²) in [6.45, 7) is 2.01. The van der Waals surface area contributed by atoms with Crippen LogP contribution in [0.15, 0.2) is 42.5 Å². The average molecular weight is 277 g/mol. The molecule has 0 fully saturated rings. The highest BCUT2D eigenvalue weighted by atomic mass is 19.1. The van der Waals surface area contributed by atoms with Gasteiger partial charge >= 0.3 is 0 Å². The molecule has 106 valence electrons. The minimum absolute atomic E-state index is 0.0315. The molecule has 0 aliphatic carbocycles. The number of ether oxygens (including phenoxy) is 1. The van der Waals surface area contributed by atoms with Crippen LogP contribution in [0.5, 0.6) is 11.5 Å². The van der Waals surface area contributed by atoms with E-state index in [1.165, 1.54) is 0 Å². The quantitative estimate of drug-likeness (QED) is 0.895. The van der Waals surface area contributed by atoms with E-state index in [1.54, 1.807) is 6.07 Å². The fourth-order valence-corrected chi connectivity index (χ4v) is 1.91. The molecule has 0 amide bonds. The Bertz CT molecular complexity index is 566. The molecule has 0 saturated heterocycles. The lowest BCUT2D eigenvalue weighted by atomic mass is 10.0. The van der Waals surface area contributed by atoms with Crippen LogP contribution in [0, 0.1) is 11.6 Å². The zero-order valence-corrected chi connectivity index (χ0v) is 11.3. The van der Waals surface area contributed by atoms with Crippen molar-refractivity contribution in [3.8, 4) is 11.5 Å². The maximum absolute atomic E-state index is 13.2. The van der Waals surface area contributed by atoms with Crippen LogP contribution in [0.25, 0.3) is 0 Å². The van der Waals surface area contributed by atoms with E-state index in [1.807, 2.05) is 25.1 Å². The number of rotatable bonds is 5. The summed E-state index contributed by atoms with van der Waals surface area (Å²) in [6, 6.07) is 10.5. The van der Waals surface area contributed by atoms with Crippen LogP contribution in [0.1, 0.15) is 18.9 Å². The second-order valence-corrected chi connectivity index (χ2v) is 4.69. The highest BCUT2D eigenvalue weighted by Crippen LogP contribution is 2.27. The molecule has 0 saturated carbocycles. The van der Waals surface area contributed by atoms with Gasteiger partial charge in [0.2, 0.25) is 0 Å². The Morgan fingerprint density at radius 3 is 2.40 bits per heavy atom. The topological polar surface area (TPSA) is 35.2 Å². The van der Waals surface area contributed by atoms with Crippen molar-refractivity contribution in [3.05, 3.63) is 59.7 Å². The molecule has 2 aromatic carbocycles. The molecule has 0 spiro atoms. The number of para-hydroxylation sites is 1. The second kappa shape index (κ2) is 6.48. The van der Waals surface area contributed by atoms with Gasteiger partial charge in [0.1, 0.15) is 23.1 Å². The van der Waals surface area contributed by atoms with Gasteiger partial charge in [-0.3, -0.25) is 0 Å². The third kappa shape index (κ3) is 3.78. The van der Waals surface area contributed by atoms with E-state index < -0.39 is 11.6 Å². The number of nitrogens with two attached hydrogens (primary N) is 1. The summed E-state index contributed by atoms with van der Waals surface area (Å²) in [4.78, 5) is 0. The van der Waals surface area contributed by atoms with E-state index in [9.17, 15) is 8.78 Å². The monoisotopic (exact) mass is 277 g/mol. The number of hydrogen-bond donors (Lipinski definition) is 1. The molecular formula is C16H17F2NO. The highest BCUT2D eigenvalue weighted by Gasteiger charge is 2.09. The van der Waals surface area contributed by atoms with Crippen LogP contribution in [0.4, 0.5) is 8.78 Å². The first kappa shape index (κ1) is 14.5. The van der Waals surface area contributed by atoms with Crippen molar-refractivity contribution < 1.29 is 13.5 Å². The van der Waals surface area contributed by atoms with Gasteiger partial charge in [-0.2, -0.15) is 0 Å². The van der Waals surface area contributed by atoms with Gasteiger partial charge in [-0.1, -0.05) is 25.1 Å². The molecule has 0 heterocycles. The molecule has 1 atom stereocenters. The second-order valence-electron chi connectivity index (χ2n) is 4.69. The molecule has 1 unspecified atom stereocenters. The number of halogens is 2. The lowest BCUT2D eigenvalue weighted by Crippen LogP contribution is -2.21. The Labute approximate surface area is 117 Å². The van der Waals surface area contributed by atoms with E-state index in [4.69, 9.17) is 10.5 Å². The largest absolute Gasteiger partial charge is 0.457 e. The van der Waals surface area contributed by atoms with Crippen molar-refractivity contribution >= 4 is 0 Å². The predicted octanol–water partition coefficient (Wildman–Crippen LogP) is 4.04. The van der Waals surface area contributed by atoms with E-state index >= 15 is 0 Å². The Kier molecular flexibility index (Phi) is 4.69. The van der Waals surface area contributed by atoms with Gasteiger partial charge in [0.15, 0.2) is 0 Å². The summed E-state index contributed by atoms with van der Waals surface area (Å²) in [5.41, 5.74) is 6.86. The molecule has 2 nitrogen and oxygen atoms in total. The van der Waals surface area contributed by atoms with Crippen molar-refractivity contribution in [1.82, 2.24) is 0 Å². The van der Waals surface area contributed by atoms with Gasteiger partial charge in [-0.05, 0) is 24.5 Å². The van der Waals surface area contributed by atoms with Crippen LogP contribution in [-0.2, 0) is 6.42 Å². The fourth-order valence-electron chi connectivity index (χ4n) is 1.91. The Morgan fingerprint density at radius 1 is 1.10 bits per heavy atom. The van der Waals surface area contributed by atoms with E-state index in [0.717, 1.165) is 30.2 Å². The molecule has 4 heteroatoms. The summed E-state index contributed by atoms with van der Waals surface area (Å²) in [5.74, 6) is -0.619. The van der Waals surface area contributed by atoms with E-state index in [-0.39, 0.29) is 11.8 Å². The van der Waals surface area contributed by atoms with Gasteiger partial charge in [-0.15, -0.1) is 0 Å². The van der Waals surface area contributed by atoms with Crippen molar-refractivity contribution in [2.45, 2.75) is 25.8 Å². The summed E-state index contributed by atoms with van der Waals surface area (Å²) in [7, 11) is 0. The van der Waals surface area contributed by atoms with Crippen LogP contribution >= 0.6 is 0 Å². The van der Waals surface area contributed by atoms with Crippen LogP contribution in [0.2, 0.25) is 0 Å². The lowest BCUT2D eigenvalue weighted by molar-refractivity contribution is 0.459. The summed E-state index contributed by atoms with van der Waals surface area (Å²) in [6.07, 6.45) is 1.51. The van der Waals surface area contributed by atoms with Crippen molar-refractivity contribution in [2.24, 2.45) is 5.73 Å². The first-order valence-electron chi connectivity index (χ1n) is 6.56. The zero-order valence-electron chi connectivity index (χ0n) is 11.3. The Morgan fingerprint density at radius 2 is 1.75 bits per heavy atom. The molecular weight excluding hydrogens is 260 g/mol. The third-order valence-electron chi connectivity index (χ3n) is 3.04. The van der Waals surface area contributed by atoms with Gasteiger partial charge in [0.05, 0.1) is 0 Å². The maximum Gasteiger partial charge on any atom is 0.133 e. The molecule has 0 aliphatic heterocycles. The molecule has 0 bridgehead atoms. The normalized spacial score (nSPS) is 12.2. The van der Waals surface area contributed by atoms with Crippen LogP contribution in [0.3, 0.4) is 0 Å². The minimum Gasteiger partial charge on any atom is -0.457 e. The van der Waals surface area contributed by atoms with E-state index in [0.29, 0.717) is 12.2 Å². The van der Waals surface area contributed by atoms with Crippen molar-refractivity contribution in [2.75, 3.05) is 0 Å². The maximum atomic E-state index is 13.2. The van der Waals surface area contributed by atoms with Crippen LogP contribution in [-0.4, -0.2) is 6.04 Å². The first-order valence-corrected chi connectivity index (χ1v) is 6.56. The molecule has 0 aromatic heterocycles. The third-order valence-corrected chi connectivity index (χ3v) is 3.04. The smallest absolute Gasteiger partial charge is 0.133 e. The zero-order chi connectivity index (χ0) is 14.5. The minimum atomic E-state index is -0.664. The SMILES string of the molecule is CCC(N)Cc1ccccc1Oc1cc(F)cc(F)c1. The lowest BCUT2D eigenvalue weighted by Gasteiger charge is -2.14. The fraction of sp³-hybridized carbons (Fsp3) is 0.250. The molecule has 2 rings (SSSR count). The van der Waals surface area contributed by atoms with Gasteiger partial charge in [0.25, 0.3) is 0 Å². The van der Waals surface area contributed by atoms with E-state index in [2.05, 4.69) is 0 Å².